The van der Waals surface area contributed by atoms with Gasteiger partial charge in [-0.05, 0) is 44.0 Å². The molecule has 5 heteroatoms. The standard InChI is InChI=1S/C14H21N3OS/c15-14(18)10-19-13-6-2-1-5-12(13)17-9-11-4-3-7-16-8-11/h1-2,5-6,11,16-17H,3-4,7-10H2,(H2,15,18). The lowest BCUT2D eigenvalue weighted by atomic mass is 10.00. The summed E-state index contributed by atoms with van der Waals surface area (Å²) < 4.78 is 0. The van der Waals surface area contributed by atoms with Crippen molar-refractivity contribution in [2.75, 3.05) is 30.7 Å². The summed E-state index contributed by atoms with van der Waals surface area (Å²) in [5.74, 6) is 0.725. The van der Waals surface area contributed by atoms with E-state index in [1.165, 1.54) is 24.6 Å². The third kappa shape index (κ3) is 4.76. The van der Waals surface area contributed by atoms with E-state index in [4.69, 9.17) is 5.73 Å². The first-order valence-electron chi connectivity index (χ1n) is 6.70. The van der Waals surface area contributed by atoms with E-state index in [9.17, 15) is 4.79 Å². The molecular weight excluding hydrogens is 258 g/mol. The average molecular weight is 279 g/mol. The number of nitrogens with two attached hydrogens (primary N) is 1. The van der Waals surface area contributed by atoms with Gasteiger partial charge >= 0.3 is 0 Å². The SMILES string of the molecule is NC(=O)CSc1ccccc1NCC1CCCNC1. The van der Waals surface area contributed by atoms with Crippen molar-refractivity contribution in [1.82, 2.24) is 5.32 Å². The molecule has 0 aromatic heterocycles. The first-order chi connectivity index (χ1) is 9.25. The summed E-state index contributed by atoms with van der Waals surface area (Å²) in [6.07, 6.45) is 2.53. The highest BCUT2D eigenvalue weighted by atomic mass is 32.2. The quantitative estimate of drug-likeness (QED) is 0.693. The van der Waals surface area contributed by atoms with Crippen molar-refractivity contribution < 1.29 is 4.79 Å². The largest absolute Gasteiger partial charge is 0.384 e. The van der Waals surface area contributed by atoms with Crippen molar-refractivity contribution in [3.05, 3.63) is 24.3 Å². The van der Waals surface area contributed by atoms with Crippen LogP contribution >= 0.6 is 11.8 Å². The predicted octanol–water partition coefficient (Wildman–Crippen LogP) is 1.68. The van der Waals surface area contributed by atoms with Crippen LogP contribution < -0.4 is 16.4 Å². The molecule has 0 saturated carbocycles. The molecule has 19 heavy (non-hydrogen) atoms. The van der Waals surface area contributed by atoms with Gasteiger partial charge in [0.2, 0.25) is 5.91 Å². The zero-order chi connectivity index (χ0) is 13.5. The topological polar surface area (TPSA) is 67.2 Å². The van der Waals surface area contributed by atoms with Gasteiger partial charge in [-0.3, -0.25) is 4.79 Å². The van der Waals surface area contributed by atoms with E-state index >= 15 is 0 Å². The van der Waals surface area contributed by atoms with Gasteiger partial charge in [0.05, 0.1) is 5.75 Å². The zero-order valence-electron chi connectivity index (χ0n) is 11.0. The van der Waals surface area contributed by atoms with Gasteiger partial charge in [0, 0.05) is 17.1 Å². The first-order valence-corrected chi connectivity index (χ1v) is 7.69. The van der Waals surface area contributed by atoms with E-state index in [0.29, 0.717) is 11.7 Å². The Morgan fingerprint density at radius 3 is 3.05 bits per heavy atom. The molecule has 4 nitrogen and oxygen atoms in total. The van der Waals surface area contributed by atoms with Crippen LogP contribution in [0.15, 0.2) is 29.2 Å². The van der Waals surface area contributed by atoms with Gasteiger partial charge in [-0.1, -0.05) is 12.1 Å². The third-order valence-electron chi connectivity index (χ3n) is 3.24. The van der Waals surface area contributed by atoms with Crippen LogP contribution in [0, 0.1) is 5.92 Å². The Morgan fingerprint density at radius 1 is 1.47 bits per heavy atom. The highest BCUT2D eigenvalue weighted by Gasteiger charge is 2.13. The van der Waals surface area contributed by atoms with Gasteiger partial charge < -0.3 is 16.4 Å². The molecule has 1 heterocycles. The first kappa shape index (κ1) is 14.2. The number of hydrogen-bond donors (Lipinski definition) is 3. The van der Waals surface area contributed by atoms with Crippen molar-refractivity contribution >= 4 is 23.4 Å². The number of carbonyl (C=O) groups excluding carboxylic acids is 1. The molecule has 1 unspecified atom stereocenters. The second-order valence-corrected chi connectivity index (χ2v) is 5.86. The van der Waals surface area contributed by atoms with Crippen molar-refractivity contribution in [2.24, 2.45) is 11.7 Å². The highest BCUT2D eigenvalue weighted by Crippen LogP contribution is 2.27. The molecule has 0 radical (unpaired) electrons. The number of para-hydroxylation sites is 1. The lowest BCUT2D eigenvalue weighted by molar-refractivity contribution is -0.115. The third-order valence-corrected chi connectivity index (χ3v) is 4.33. The van der Waals surface area contributed by atoms with Crippen LogP contribution in [0.25, 0.3) is 0 Å². The van der Waals surface area contributed by atoms with Crippen LogP contribution in [0.2, 0.25) is 0 Å². The van der Waals surface area contributed by atoms with Crippen LogP contribution in [0.4, 0.5) is 5.69 Å². The van der Waals surface area contributed by atoms with Gasteiger partial charge in [0.25, 0.3) is 0 Å². The molecule has 0 bridgehead atoms. The van der Waals surface area contributed by atoms with Crippen molar-refractivity contribution in [3.8, 4) is 0 Å². The smallest absolute Gasteiger partial charge is 0.227 e. The second-order valence-electron chi connectivity index (χ2n) is 4.84. The molecule has 1 aliphatic rings. The summed E-state index contributed by atoms with van der Waals surface area (Å²) in [4.78, 5) is 11.9. The average Bonchev–Trinajstić information content (AvgIpc) is 2.45. The Bertz CT molecular complexity index is 419. The van der Waals surface area contributed by atoms with Crippen LogP contribution in [-0.4, -0.2) is 31.3 Å². The number of anilines is 1. The minimum atomic E-state index is -0.281. The van der Waals surface area contributed by atoms with Crippen LogP contribution in [0.5, 0.6) is 0 Å². The molecule has 104 valence electrons. The Labute approximate surface area is 118 Å². The molecule has 1 aliphatic heterocycles. The summed E-state index contributed by atoms with van der Waals surface area (Å²) in [5, 5.41) is 6.91. The van der Waals surface area contributed by atoms with Crippen LogP contribution in [0.3, 0.4) is 0 Å². The number of hydrogen-bond acceptors (Lipinski definition) is 4. The van der Waals surface area contributed by atoms with Gasteiger partial charge in [-0.25, -0.2) is 0 Å². The maximum atomic E-state index is 10.9. The molecule has 1 atom stereocenters. The van der Waals surface area contributed by atoms with E-state index in [1.807, 2.05) is 18.2 Å². The fourth-order valence-electron chi connectivity index (χ4n) is 2.24. The Kier molecular flexibility index (Phi) is 5.54. The fourth-order valence-corrected chi connectivity index (χ4v) is 3.01. The molecule has 0 aliphatic carbocycles. The van der Waals surface area contributed by atoms with Crippen LogP contribution in [-0.2, 0) is 4.79 Å². The van der Waals surface area contributed by atoms with Crippen molar-refractivity contribution in [2.45, 2.75) is 17.7 Å². The minimum absolute atomic E-state index is 0.281. The Hall–Kier alpha value is -1.20. The van der Waals surface area contributed by atoms with Crippen LogP contribution in [0.1, 0.15) is 12.8 Å². The van der Waals surface area contributed by atoms with E-state index in [0.717, 1.165) is 30.2 Å². The number of piperidine rings is 1. The van der Waals surface area contributed by atoms with Gasteiger partial charge in [-0.2, -0.15) is 0 Å². The van der Waals surface area contributed by atoms with Gasteiger partial charge in [-0.15, -0.1) is 11.8 Å². The number of thioether (sulfide) groups is 1. The number of rotatable bonds is 6. The lowest BCUT2D eigenvalue weighted by Crippen LogP contribution is -2.33. The summed E-state index contributed by atoms with van der Waals surface area (Å²) in [5.41, 5.74) is 6.29. The fraction of sp³-hybridized carbons (Fsp3) is 0.500. The number of amides is 1. The number of primary amides is 1. The van der Waals surface area contributed by atoms with Gasteiger partial charge in [0.1, 0.15) is 0 Å². The number of nitrogens with one attached hydrogen (secondary N) is 2. The molecule has 2 rings (SSSR count). The Balaban J connectivity index is 1.89. The molecule has 0 spiro atoms. The lowest BCUT2D eigenvalue weighted by Gasteiger charge is -2.24. The highest BCUT2D eigenvalue weighted by molar-refractivity contribution is 8.00. The molecular formula is C14H21N3OS. The number of benzene rings is 1. The molecule has 4 N–H and O–H groups in total. The maximum Gasteiger partial charge on any atom is 0.227 e. The predicted molar refractivity (Wildman–Crippen MR) is 80.4 cm³/mol. The molecule has 1 aromatic rings. The normalized spacial score (nSPS) is 19.1. The number of carbonyl (C=O) groups is 1. The molecule has 1 fully saturated rings. The maximum absolute atomic E-state index is 10.9. The van der Waals surface area contributed by atoms with E-state index < -0.39 is 0 Å². The van der Waals surface area contributed by atoms with E-state index in [2.05, 4.69) is 16.7 Å². The Morgan fingerprint density at radius 2 is 2.32 bits per heavy atom. The van der Waals surface area contributed by atoms with Crippen molar-refractivity contribution in [1.29, 1.82) is 0 Å². The molecule has 1 saturated heterocycles. The molecule has 1 amide bonds. The summed E-state index contributed by atoms with van der Waals surface area (Å²) >= 11 is 1.49. The minimum Gasteiger partial charge on any atom is -0.384 e. The zero-order valence-corrected chi connectivity index (χ0v) is 11.8. The summed E-state index contributed by atoms with van der Waals surface area (Å²) in [7, 11) is 0. The van der Waals surface area contributed by atoms with Gasteiger partial charge in [0.15, 0.2) is 0 Å². The van der Waals surface area contributed by atoms with Crippen molar-refractivity contribution in [3.63, 3.8) is 0 Å². The van der Waals surface area contributed by atoms with E-state index in [1.54, 1.807) is 0 Å². The second kappa shape index (κ2) is 7.40. The summed E-state index contributed by atoms with van der Waals surface area (Å²) in [6.45, 7) is 3.20. The monoisotopic (exact) mass is 279 g/mol. The molecule has 1 aromatic carbocycles. The summed E-state index contributed by atoms with van der Waals surface area (Å²) in [6, 6.07) is 8.07. The van der Waals surface area contributed by atoms with E-state index in [-0.39, 0.29) is 5.91 Å².